The summed E-state index contributed by atoms with van der Waals surface area (Å²) in [5.41, 5.74) is 1.31. The number of hydrogen-bond acceptors (Lipinski definition) is 3. The summed E-state index contributed by atoms with van der Waals surface area (Å²) in [4.78, 5) is 2.39. The summed E-state index contributed by atoms with van der Waals surface area (Å²) < 4.78 is 5.79. The minimum Gasteiger partial charge on any atom is -0.492 e. The molecule has 0 bridgehead atoms. The average molecular weight is 262 g/mol. The third-order valence-corrected chi connectivity index (χ3v) is 3.77. The van der Waals surface area contributed by atoms with Gasteiger partial charge in [-0.2, -0.15) is 0 Å². The van der Waals surface area contributed by atoms with E-state index in [9.17, 15) is 0 Å². The van der Waals surface area contributed by atoms with Crippen LogP contribution in [0.5, 0.6) is 5.75 Å². The van der Waals surface area contributed by atoms with Gasteiger partial charge in [0.15, 0.2) is 0 Å². The molecule has 1 aliphatic rings. The number of rotatable bonds is 8. The Labute approximate surface area is 116 Å². The number of likely N-dealkylation sites (N-methyl/N-ethyl adjacent to an activating group) is 1. The van der Waals surface area contributed by atoms with Gasteiger partial charge in [-0.15, -0.1) is 0 Å². The second kappa shape index (κ2) is 6.92. The standard InChI is InChI=1S/C16H26N2O/c1-4-17-13(2)14-5-9-16(10-6-14)19-12-11-18(3)15-7-8-15/h5-6,9-10,13,15,17H,4,7-8,11-12H2,1-3H3. The number of ether oxygens (including phenoxy) is 1. The van der Waals surface area contributed by atoms with E-state index in [1.54, 1.807) is 0 Å². The van der Waals surface area contributed by atoms with E-state index in [-0.39, 0.29) is 0 Å². The van der Waals surface area contributed by atoms with E-state index in [2.05, 4.69) is 55.4 Å². The molecule has 106 valence electrons. The summed E-state index contributed by atoms with van der Waals surface area (Å²) in [5, 5.41) is 3.41. The van der Waals surface area contributed by atoms with E-state index < -0.39 is 0 Å². The lowest BCUT2D eigenvalue weighted by atomic mass is 10.1. The fraction of sp³-hybridized carbons (Fsp3) is 0.625. The van der Waals surface area contributed by atoms with Crippen LogP contribution in [0.4, 0.5) is 0 Å². The maximum Gasteiger partial charge on any atom is 0.119 e. The molecule has 3 heteroatoms. The Morgan fingerprint density at radius 2 is 2.00 bits per heavy atom. The molecule has 1 unspecified atom stereocenters. The van der Waals surface area contributed by atoms with Crippen molar-refractivity contribution in [3.05, 3.63) is 29.8 Å². The van der Waals surface area contributed by atoms with Crippen LogP contribution in [0.1, 0.15) is 38.3 Å². The molecular weight excluding hydrogens is 236 g/mol. The SMILES string of the molecule is CCNC(C)c1ccc(OCCN(C)C2CC2)cc1. The molecule has 0 spiro atoms. The van der Waals surface area contributed by atoms with E-state index in [0.717, 1.165) is 31.5 Å². The molecule has 19 heavy (non-hydrogen) atoms. The molecule has 1 aromatic carbocycles. The Bertz CT molecular complexity index is 373. The van der Waals surface area contributed by atoms with Crippen molar-refractivity contribution < 1.29 is 4.74 Å². The van der Waals surface area contributed by atoms with Crippen molar-refractivity contribution in [2.24, 2.45) is 0 Å². The van der Waals surface area contributed by atoms with Gasteiger partial charge in [-0.05, 0) is 51.1 Å². The maximum absolute atomic E-state index is 5.79. The van der Waals surface area contributed by atoms with Gasteiger partial charge in [-0.3, -0.25) is 0 Å². The Morgan fingerprint density at radius 3 is 2.58 bits per heavy atom. The molecule has 0 radical (unpaired) electrons. The van der Waals surface area contributed by atoms with Crippen molar-refractivity contribution in [2.45, 2.75) is 38.8 Å². The normalized spacial score (nSPS) is 16.6. The number of nitrogens with zero attached hydrogens (tertiary/aromatic N) is 1. The molecule has 0 heterocycles. The zero-order valence-corrected chi connectivity index (χ0v) is 12.4. The van der Waals surface area contributed by atoms with Crippen LogP contribution in [0.3, 0.4) is 0 Å². The van der Waals surface area contributed by atoms with Gasteiger partial charge in [-0.25, -0.2) is 0 Å². The molecule has 1 saturated carbocycles. The highest BCUT2D eigenvalue weighted by Gasteiger charge is 2.25. The van der Waals surface area contributed by atoms with E-state index in [4.69, 9.17) is 4.74 Å². The van der Waals surface area contributed by atoms with Crippen LogP contribution in [-0.2, 0) is 0 Å². The summed E-state index contributed by atoms with van der Waals surface area (Å²) in [5.74, 6) is 0.969. The maximum atomic E-state index is 5.79. The zero-order valence-electron chi connectivity index (χ0n) is 12.4. The molecule has 0 aromatic heterocycles. The van der Waals surface area contributed by atoms with Crippen molar-refractivity contribution in [1.82, 2.24) is 10.2 Å². The average Bonchev–Trinajstić information content (AvgIpc) is 3.24. The molecule has 1 fully saturated rings. The van der Waals surface area contributed by atoms with Gasteiger partial charge in [0.25, 0.3) is 0 Å². The van der Waals surface area contributed by atoms with Crippen LogP contribution >= 0.6 is 0 Å². The van der Waals surface area contributed by atoms with Crippen LogP contribution in [-0.4, -0.2) is 37.7 Å². The summed E-state index contributed by atoms with van der Waals surface area (Å²) >= 11 is 0. The molecule has 1 N–H and O–H groups in total. The third kappa shape index (κ3) is 4.51. The van der Waals surface area contributed by atoms with Gasteiger partial charge in [0.2, 0.25) is 0 Å². The summed E-state index contributed by atoms with van der Waals surface area (Å²) in [6.07, 6.45) is 2.71. The van der Waals surface area contributed by atoms with Gasteiger partial charge in [0.05, 0.1) is 0 Å². The fourth-order valence-corrected chi connectivity index (χ4v) is 2.28. The predicted molar refractivity (Wildman–Crippen MR) is 79.7 cm³/mol. The van der Waals surface area contributed by atoms with Gasteiger partial charge in [0.1, 0.15) is 12.4 Å². The summed E-state index contributed by atoms with van der Waals surface area (Å²) in [6.45, 7) is 7.09. The first-order chi connectivity index (χ1) is 9.20. The monoisotopic (exact) mass is 262 g/mol. The third-order valence-electron chi connectivity index (χ3n) is 3.77. The van der Waals surface area contributed by atoms with E-state index in [1.165, 1.54) is 18.4 Å². The largest absolute Gasteiger partial charge is 0.492 e. The van der Waals surface area contributed by atoms with Crippen LogP contribution in [0.15, 0.2) is 24.3 Å². The van der Waals surface area contributed by atoms with Crippen molar-refractivity contribution in [3.8, 4) is 5.75 Å². The minimum absolute atomic E-state index is 0.403. The lowest BCUT2D eigenvalue weighted by Gasteiger charge is -2.16. The highest BCUT2D eigenvalue weighted by Crippen LogP contribution is 2.25. The Kier molecular flexibility index (Phi) is 5.23. The number of nitrogens with one attached hydrogen (secondary N) is 1. The van der Waals surface area contributed by atoms with Gasteiger partial charge in [-0.1, -0.05) is 19.1 Å². The molecular formula is C16H26N2O. The van der Waals surface area contributed by atoms with Gasteiger partial charge < -0.3 is 15.0 Å². The molecule has 1 aliphatic carbocycles. The highest BCUT2D eigenvalue weighted by atomic mass is 16.5. The van der Waals surface area contributed by atoms with Crippen molar-refractivity contribution in [3.63, 3.8) is 0 Å². The van der Waals surface area contributed by atoms with E-state index >= 15 is 0 Å². The van der Waals surface area contributed by atoms with Crippen molar-refractivity contribution in [1.29, 1.82) is 0 Å². The topological polar surface area (TPSA) is 24.5 Å². The van der Waals surface area contributed by atoms with Gasteiger partial charge in [0, 0.05) is 18.6 Å². The first-order valence-electron chi connectivity index (χ1n) is 7.37. The first-order valence-corrected chi connectivity index (χ1v) is 7.37. The Hall–Kier alpha value is -1.06. The molecule has 3 nitrogen and oxygen atoms in total. The van der Waals surface area contributed by atoms with Crippen molar-refractivity contribution in [2.75, 3.05) is 26.7 Å². The fourth-order valence-electron chi connectivity index (χ4n) is 2.28. The second-order valence-corrected chi connectivity index (χ2v) is 5.41. The second-order valence-electron chi connectivity index (χ2n) is 5.41. The number of benzene rings is 1. The summed E-state index contributed by atoms with van der Waals surface area (Å²) in [6, 6.07) is 9.65. The Morgan fingerprint density at radius 1 is 1.32 bits per heavy atom. The quantitative estimate of drug-likeness (QED) is 0.779. The molecule has 2 rings (SSSR count). The molecule has 0 aliphatic heterocycles. The molecule has 0 saturated heterocycles. The molecule has 0 amide bonds. The minimum atomic E-state index is 0.403. The first kappa shape index (κ1) is 14.4. The molecule has 1 atom stereocenters. The van der Waals surface area contributed by atoms with Crippen LogP contribution in [0.2, 0.25) is 0 Å². The lowest BCUT2D eigenvalue weighted by molar-refractivity contribution is 0.232. The Balaban J connectivity index is 1.74. The van der Waals surface area contributed by atoms with Crippen molar-refractivity contribution >= 4 is 0 Å². The summed E-state index contributed by atoms with van der Waals surface area (Å²) in [7, 11) is 2.18. The lowest BCUT2D eigenvalue weighted by Crippen LogP contribution is -2.26. The van der Waals surface area contributed by atoms with Gasteiger partial charge >= 0.3 is 0 Å². The smallest absolute Gasteiger partial charge is 0.119 e. The number of hydrogen-bond donors (Lipinski definition) is 1. The predicted octanol–water partition coefficient (Wildman–Crippen LogP) is 2.83. The van der Waals surface area contributed by atoms with Crippen LogP contribution < -0.4 is 10.1 Å². The molecule has 1 aromatic rings. The van der Waals surface area contributed by atoms with Crippen LogP contribution in [0.25, 0.3) is 0 Å². The zero-order chi connectivity index (χ0) is 13.7. The van der Waals surface area contributed by atoms with Crippen LogP contribution in [0, 0.1) is 0 Å². The van der Waals surface area contributed by atoms with E-state index in [1.807, 2.05) is 0 Å². The van der Waals surface area contributed by atoms with E-state index in [0.29, 0.717) is 6.04 Å². The highest BCUT2D eigenvalue weighted by molar-refractivity contribution is 5.28.